The molecule has 0 bridgehead atoms. The Bertz CT molecular complexity index is 547. The zero-order chi connectivity index (χ0) is 37.5. The van der Waals surface area contributed by atoms with Gasteiger partial charge in [0, 0.05) is 17.3 Å². The first-order valence-electron chi connectivity index (χ1n) is 22.3. The highest BCUT2D eigenvalue weighted by Gasteiger charge is 2.18. The molecule has 52 heavy (non-hydrogen) atoms. The summed E-state index contributed by atoms with van der Waals surface area (Å²) in [6.07, 6.45) is 41.2. The van der Waals surface area contributed by atoms with Crippen LogP contribution in [0.1, 0.15) is 213 Å². The average molecular weight is 815 g/mol. The molecule has 0 saturated carbocycles. The van der Waals surface area contributed by atoms with Crippen molar-refractivity contribution in [3.8, 4) is 0 Å². The number of rotatable bonds is 48. The van der Waals surface area contributed by atoms with Gasteiger partial charge in [-0.2, -0.15) is 35.3 Å². The van der Waals surface area contributed by atoms with Crippen molar-refractivity contribution in [2.24, 2.45) is 0 Å². The minimum atomic E-state index is -1.88. The maximum Gasteiger partial charge on any atom is 0.421 e. The van der Waals surface area contributed by atoms with Crippen LogP contribution in [0.15, 0.2) is 0 Å². The van der Waals surface area contributed by atoms with E-state index in [9.17, 15) is 0 Å². The number of thioether (sulfide) groups is 3. The first-order valence-corrected chi connectivity index (χ1v) is 26.8. The van der Waals surface area contributed by atoms with Crippen LogP contribution in [0.2, 0.25) is 0 Å². The van der Waals surface area contributed by atoms with E-state index in [-0.39, 0.29) is 0 Å². The van der Waals surface area contributed by atoms with Crippen LogP contribution in [-0.4, -0.2) is 54.3 Å². The second-order valence-corrected chi connectivity index (χ2v) is 18.9. The third-order valence-corrected chi connectivity index (χ3v) is 13.0. The summed E-state index contributed by atoms with van der Waals surface area (Å²) in [5.74, 6) is 6.15. The molecule has 0 aromatic carbocycles. The Morgan fingerprint density at radius 2 is 0.481 bits per heavy atom. The van der Waals surface area contributed by atoms with Crippen molar-refractivity contribution >= 4 is 43.9 Å². The standard InChI is InChI=1S/C42H87O6PS3/c1-4-7-10-13-16-19-22-25-28-31-37-50-40-34-43-46-49(47-44-35-41-51-38-32-29-26-23-20-17-14-11-8-5-2)48-45-36-42-52-39-33-30-27-24-21-18-15-12-9-6-3/h4-42H2,1-3H3. The molecule has 0 aliphatic heterocycles. The molecular weight excluding hydrogens is 728 g/mol. The molecule has 0 radical (unpaired) electrons. The number of hydrogen-bond acceptors (Lipinski definition) is 9. The maximum absolute atomic E-state index is 5.43. The van der Waals surface area contributed by atoms with Gasteiger partial charge in [0.15, 0.2) is 0 Å². The van der Waals surface area contributed by atoms with Crippen LogP contribution in [-0.2, 0) is 28.7 Å². The van der Waals surface area contributed by atoms with E-state index in [1.165, 1.54) is 210 Å². The molecule has 0 aromatic heterocycles. The summed E-state index contributed by atoms with van der Waals surface area (Å²) in [6.45, 7) is 8.30. The van der Waals surface area contributed by atoms with E-state index in [2.05, 4.69) is 20.8 Å². The Hall–Kier alpha value is 1.24. The predicted octanol–water partition coefficient (Wildman–Crippen LogP) is 16.0. The summed E-state index contributed by atoms with van der Waals surface area (Å²) in [6, 6.07) is 0. The molecule has 0 spiro atoms. The molecule has 0 aliphatic rings. The molecule has 314 valence electrons. The summed E-state index contributed by atoms with van der Waals surface area (Å²) in [4.78, 5) is 16.3. The topological polar surface area (TPSA) is 55.4 Å². The Morgan fingerprint density at radius 1 is 0.269 bits per heavy atom. The van der Waals surface area contributed by atoms with Gasteiger partial charge in [0.25, 0.3) is 0 Å². The molecule has 0 amide bonds. The zero-order valence-electron chi connectivity index (χ0n) is 34.7. The van der Waals surface area contributed by atoms with E-state index < -0.39 is 8.60 Å². The van der Waals surface area contributed by atoms with E-state index in [0.29, 0.717) is 19.8 Å². The highest BCUT2D eigenvalue weighted by atomic mass is 32.2. The summed E-state index contributed by atoms with van der Waals surface area (Å²) in [7, 11) is -1.88. The first kappa shape index (κ1) is 53.2. The molecule has 0 rings (SSSR count). The highest BCUT2D eigenvalue weighted by molar-refractivity contribution is 7.99. The lowest BCUT2D eigenvalue weighted by Gasteiger charge is -2.13. The van der Waals surface area contributed by atoms with E-state index in [0.717, 1.165) is 17.3 Å². The zero-order valence-corrected chi connectivity index (χ0v) is 38.0. The monoisotopic (exact) mass is 815 g/mol. The van der Waals surface area contributed by atoms with Gasteiger partial charge < -0.3 is 0 Å². The summed E-state index contributed by atoms with van der Waals surface area (Å²) < 4.78 is 16.3. The van der Waals surface area contributed by atoms with Gasteiger partial charge in [-0.05, 0) is 36.5 Å². The van der Waals surface area contributed by atoms with Gasteiger partial charge in [-0.15, -0.1) is 14.0 Å². The smallest absolute Gasteiger partial charge is 0.228 e. The summed E-state index contributed by atoms with van der Waals surface area (Å²) in [5, 5.41) is 0. The molecule has 0 fully saturated rings. The number of unbranched alkanes of at least 4 members (excludes halogenated alkanes) is 27. The molecule has 0 saturated heterocycles. The highest BCUT2D eigenvalue weighted by Crippen LogP contribution is 2.40. The fourth-order valence-corrected chi connectivity index (χ4v) is 8.89. The van der Waals surface area contributed by atoms with Gasteiger partial charge in [-0.25, -0.2) is 14.7 Å². The van der Waals surface area contributed by atoms with Gasteiger partial charge in [-0.1, -0.05) is 194 Å². The molecule has 0 unspecified atom stereocenters. The lowest BCUT2D eigenvalue weighted by molar-refractivity contribution is -0.306. The maximum atomic E-state index is 5.43. The van der Waals surface area contributed by atoms with Crippen LogP contribution in [0.3, 0.4) is 0 Å². The van der Waals surface area contributed by atoms with E-state index in [1.54, 1.807) is 0 Å². The van der Waals surface area contributed by atoms with Crippen LogP contribution in [0.25, 0.3) is 0 Å². The largest absolute Gasteiger partial charge is 0.421 e. The van der Waals surface area contributed by atoms with Gasteiger partial charge >= 0.3 is 8.60 Å². The van der Waals surface area contributed by atoms with Crippen molar-refractivity contribution in [2.75, 3.05) is 54.3 Å². The van der Waals surface area contributed by atoms with Crippen molar-refractivity contribution in [3.05, 3.63) is 0 Å². The Morgan fingerprint density at radius 3 is 0.712 bits per heavy atom. The fourth-order valence-electron chi connectivity index (χ4n) is 5.94. The van der Waals surface area contributed by atoms with Crippen LogP contribution >= 0.6 is 43.9 Å². The molecule has 6 nitrogen and oxygen atoms in total. The van der Waals surface area contributed by atoms with E-state index in [1.807, 2.05) is 35.3 Å². The Labute approximate surface area is 338 Å². The molecule has 0 aromatic rings. The predicted molar refractivity (Wildman–Crippen MR) is 236 cm³/mol. The first-order chi connectivity index (χ1) is 25.8. The molecular formula is C42H87O6PS3. The van der Waals surface area contributed by atoms with Crippen LogP contribution in [0.4, 0.5) is 0 Å². The van der Waals surface area contributed by atoms with Gasteiger partial charge in [-0.3, -0.25) is 0 Å². The van der Waals surface area contributed by atoms with Crippen LogP contribution in [0, 0.1) is 0 Å². The lowest BCUT2D eigenvalue weighted by atomic mass is 10.1. The lowest BCUT2D eigenvalue weighted by Crippen LogP contribution is -2.05. The Balaban J connectivity index is 3.94. The fraction of sp³-hybridized carbons (Fsp3) is 1.00. The molecule has 10 heteroatoms. The summed E-state index contributed by atoms with van der Waals surface area (Å²) in [5.41, 5.74) is 0. The van der Waals surface area contributed by atoms with Gasteiger partial charge in [0.05, 0.1) is 19.8 Å². The molecule has 0 atom stereocenters. The normalized spacial score (nSPS) is 11.8. The molecule has 0 heterocycles. The SMILES string of the molecule is CCCCCCCCCCCCSCCOOP(OOCCSCCCCCCCCCCCC)OOCCSCCCCCCCCCCCC. The van der Waals surface area contributed by atoms with Gasteiger partial charge in [0.2, 0.25) is 0 Å². The van der Waals surface area contributed by atoms with Crippen LogP contribution in [0.5, 0.6) is 0 Å². The van der Waals surface area contributed by atoms with Crippen molar-refractivity contribution in [3.63, 3.8) is 0 Å². The average Bonchev–Trinajstić information content (AvgIpc) is 3.15. The van der Waals surface area contributed by atoms with Crippen molar-refractivity contribution in [2.45, 2.75) is 213 Å². The number of hydrogen-bond donors (Lipinski definition) is 0. The molecule has 0 N–H and O–H groups in total. The van der Waals surface area contributed by atoms with Gasteiger partial charge in [0.1, 0.15) is 0 Å². The van der Waals surface area contributed by atoms with Crippen molar-refractivity contribution in [1.82, 2.24) is 0 Å². The second kappa shape index (κ2) is 50.3. The quantitative estimate of drug-likeness (QED) is 0.0259. The second-order valence-electron chi connectivity index (χ2n) is 14.3. The van der Waals surface area contributed by atoms with E-state index in [4.69, 9.17) is 28.7 Å². The minimum absolute atomic E-state index is 0.484. The third-order valence-electron chi connectivity index (χ3n) is 9.20. The van der Waals surface area contributed by atoms with Crippen LogP contribution < -0.4 is 0 Å². The van der Waals surface area contributed by atoms with Crippen molar-refractivity contribution < 1.29 is 28.7 Å². The van der Waals surface area contributed by atoms with Crippen molar-refractivity contribution in [1.29, 1.82) is 0 Å². The third kappa shape index (κ3) is 47.4. The van der Waals surface area contributed by atoms with E-state index >= 15 is 0 Å². The Kier molecular flexibility index (Phi) is 51.5. The minimum Gasteiger partial charge on any atom is -0.228 e. The molecule has 0 aliphatic carbocycles. The summed E-state index contributed by atoms with van der Waals surface area (Å²) >= 11 is 5.74.